The molecular formula is C12H17N3OS. The van der Waals surface area contributed by atoms with Crippen LogP contribution in [0.4, 0.5) is 0 Å². The summed E-state index contributed by atoms with van der Waals surface area (Å²) in [6.45, 7) is 5.51. The van der Waals surface area contributed by atoms with Gasteiger partial charge in [0.25, 0.3) is 0 Å². The number of ether oxygens (including phenoxy) is 1. The predicted octanol–water partition coefficient (Wildman–Crippen LogP) is 1.12. The van der Waals surface area contributed by atoms with E-state index in [0.717, 1.165) is 45.2 Å². The van der Waals surface area contributed by atoms with E-state index in [1.54, 1.807) is 0 Å². The van der Waals surface area contributed by atoms with Crippen molar-refractivity contribution in [3.63, 3.8) is 0 Å². The van der Waals surface area contributed by atoms with Gasteiger partial charge in [-0.1, -0.05) is 6.07 Å². The molecule has 1 aromatic rings. The SMILES string of the molecule is c1csc(C(C2=NCCN2)N2CCOCC2)c1. The highest BCUT2D eigenvalue weighted by molar-refractivity contribution is 7.10. The molecule has 1 N–H and O–H groups in total. The third-order valence-electron chi connectivity index (χ3n) is 3.18. The van der Waals surface area contributed by atoms with Gasteiger partial charge in [-0.3, -0.25) is 9.89 Å². The third kappa shape index (κ3) is 2.36. The summed E-state index contributed by atoms with van der Waals surface area (Å²) in [6.07, 6.45) is 0. The van der Waals surface area contributed by atoms with Crippen molar-refractivity contribution in [1.29, 1.82) is 0 Å². The maximum Gasteiger partial charge on any atom is 0.119 e. The van der Waals surface area contributed by atoms with Gasteiger partial charge in [0.05, 0.1) is 19.8 Å². The summed E-state index contributed by atoms with van der Waals surface area (Å²) >= 11 is 1.81. The van der Waals surface area contributed by atoms with Gasteiger partial charge in [0, 0.05) is 24.5 Å². The lowest BCUT2D eigenvalue weighted by Crippen LogP contribution is -2.44. The van der Waals surface area contributed by atoms with Gasteiger partial charge in [-0.15, -0.1) is 11.3 Å². The molecule has 3 heterocycles. The number of aliphatic imine (C=N–C) groups is 1. The molecule has 3 rings (SSSR count). The quantitative estimate of drug-likeness (QED) is 0.875. The van der Waals surface area contributed by atoms with Crippen molar-refractivity contribution in [2.24, 2.45) is 4.99 Å². The number of morpholine rings is 1. The average molecular weight is 251 g/mol. The highest BCUT2D eigenvalue weighted by Gasteiger charge is 2.29. The van der Waals surface area contributed by atoms with Gasteiger partial charge < -0.3 is 10.1 Å². The van der Waals surface area contributed by atoms with Crippen LogP contribution >= 0.6 is 11.3 Å². The Bertz CT molecular complexity index is 384. The van der Waals surface area contributed by atoms with Crippen LogP contribution in [0.25, 0.3) is 0 Å². The molecule has 5 heteroatoms. The minimum Gasteiger partial charge on any atom is -0.379 e. The minimum atomic E-state index is 0.307. The van der Waals surface area contributed by atoms with Gasteiger partial charge in [0.1, 0.15) is 11.9 Å². The highest BCUT2D eigenvalue weighted by Crippen LogP contribution is 2.27. The second-order valence-corrected chi connectivity index (χ2v) is 5.24. The molecular weight excluding hydrogens is 234 g/mol. The van der Waals surface area contributed by atoms with Crippen LogP contribution in [0.1, 0.15) is 10.9 Å². The summed E-state index contributed by atoms with van der Waals surface area (Å²) in [5, 5.41) is 5.55. The van der Waals surface area contributed by atoms with Crippen molar-refractivity contribution in [3.8, 4) is 0 Å². The van der Waals surface area contributed by atoms with Crippen LogP contribution in [-0.2, 0) is 4.74 Å². The number of hydrogen-bond acceptors (Lipinski definition) is 5. The minimum absolute atomic E-state index is 0.307. The first kappa shape index (κ1) is 11.2. The molecule has 0 aliphatic carbocycles. The van der Waals surface area contributed by atoms with Crippen LogP contribution < -0.4 is 5.32 Å². The molecule has 0 spiro atoms. The Labute approximate surface area is 105 Å². The average Bonchev–Trinajstić information content (AvgIpc) is 3.04. The normalized spacial score (nSPS) is 23.2. The van der Waals surface area contributed by atoms with E-state index in [1.165, 1.54) is 4.88 Å². The fourth-order valence-electron chi connectivity index (χ4n) is 2.37. The summed E-state index contributed by atoms with van der Waals surface area (Å²) in [5.41, 5.74) is 0. The first-order chi connectivity index (χ1) is 8.45. The first-order valence-electron chi connectivity index (χ1n) is 6.08. The molecule has 1 atom stereocenters. The Morgan fingerprint density at radius 1 is 1.41 bits per heavy atom. The topological polar surface area (TPSA) is 36.9 Å². The number of thiophene rings is 1. The van der Waals surface area contributed by atoms with Crippen LogP contribution in [0.5, 0.6) is 0 Å². The molecule has 2 aliphatic rings. The molecule has 2 aliphatic heterocycles. The van der Waals surface area contributed by atoms with Crippen molar-refractivity contribution >= 4 is 17.2 Å². The van der Waals surface area contributed by atoms with Gasteiger partial charge >= 0.3 is 0 Å². The van der Waals surface area contributed by atoms with Crippen molar-refractivity contribution < 1.29 is 4.74 Å². The van der Waals surface area contributed by atoms with Gasteiger partial charge in [-0.2, -0.15) is 0 Å². The van der Waals surface area contributed by atoms with E-state index < -0.39 is 0 Å². The molecule has 1 fully saturated rings. The molecule has 0 saturated carbocycles. The van der Waals surface area contributed by atoms with E-state index in [9.17, 15) is 0 Å². The lowest BCUT2D eigenvalue weighted by Gasteiger charge is -2.33. The largest absolute Gasteiger partial charge is 0.379 e. The molecule has 17 heavy (non-hydrogen) atoms. The summed E-state index contributed by atoms with van der Waals surface area (Å²) < 4.78 is 5.43. The zero-order chi connectivity index (χ0) is 11.5. The van der Waals surface area contributed by atoms with E-state index in [1.807, 2.05) is 11.3 Å². The summed E-state index contributed by atoms with van der Waals surface area (Å²) in [6, 6.07) is 4.62. The second kappa shape index (κ2) is 5.16. The zero-order valence-electron chi connectivity index (χ0n) is 9.76. The number of rotatable bonds is 3. The Kier molecular flexibility index (Phi) is 3.40. The van der Waals surface area contributed by atoms with Crippen LogP contribution in [0.15, 0.2) is 22.5 Å². The molecule has 1 unspecified atom stereocenters. The van der Waals surface area contributed by atoms with Gasteiger partial charge in [0.15, 0.2) is 0 Å². The van der Waals surface area contributed by atoms with E-state index in [-0.39, 0.29) is 0 Å². The number of nitrogens with zero attached hydrogens (tertiary/aromatic N) is 2. The molecule has 1 saturated heterocycles. The van der Waals surface area contributed by atoms with E-state index in [4.69, 9.17) is 4.74 Å². The first-order valence-corrected chi connectivity index (χ1v) is 6.96. The predicted molar refractivity (Wildman–Crippen MR) is 69.8 cm³/mol. The molecule has 0 radical (unpaired) electrons. The standard InChI is InChI=1S/C12H17N3OS/c1-2-10(17-9-1)11(12-13-3-4-14-12)15-5-7-16-8-6-15/h1-2,9,11H,3-8H2,(H,13,14). The molecule has 0 aromatic carbocycles. The Hall–Kier alpha value is -0.910. The maximum atomic E-state index is 5.43. The summed E-state index contributed by atoms with van der Waals surface area (Å²) in [5.74, 6) is 1.13. The summed E-state index contributed by atoms with van der Waals surface area (Å²) in [4.78, 5) is 8.44. The third-order valence-corrected chi connectivity index (χ3v) is 4.11. The molecule has 0 bridgehead atoms. The fourth-order valence-corrected chi connectivity index (χ4v) is 3.23. The van der Waals surface area contributed by atoms with Gasteiger partial charge in [0.2, 0.25) is 0 Å². The molecule has 92 valence electrons. The van der Waals surface area contributed by atoms with Crippen LogP contribution in [0, 0.1) is 0 Å². The van der Waals surface area contributed by atoms with Crippen LogP contribution in [-0.4, -0.2) is 50.1 Å². The van der Waals surface area contributed by atoms with Crippen molar-refractivity contribution in [2.75, 3.05) is 39.4 Å². The molecule has 0 amide bonds. The van der Waals surface area contributed by atoms with Gasteiger partial charge in [-0.25, -0.2) is 0 Å². The Balaban J connectivity index is 1.85. The van der Waals surface area contributed by atoms with E-state index in [2.05, 4.69) is 32.7 Å². The molecule has 1 aromatic heterocycles. The van der Waals surface area contributed by atoms with Crippen LogP contribution in [0.2, 0.25) is 0 Å². The van der Waals surface area contributed by atoms with Crippen LogP contribution in [0.3, 0.4) is 0 Å². The maximum absolute atomic E-state index is 5.43. The number of amidine groups is 1. The lowest BCUT2D eigenvalue weighted by atomic mass is 10.1. The second-order valence-electron chi connectivity index (χ2n) is 4.26. The fraction of sp³-hybridized carbons (Fsp3) is 0.583. The van der Waals surface area contributed by atoms with Crippen molar-refractivity contribution in [2.45, 2.75) is 6.04 Å². The summed E-state index contributed by atoms with van der Waals surface area (Å²) in [7, 11) is 0. The number of nitrogens with one attached hydrogen (secondary N) is 1. The van der Waals surface area contributed by atoms with Gasteiger partial charge in [-0.05, 0) is 11.4 Å². The Morgan fingerprint density at radius 2 is 2.29 bits per heavy atom. The monoisotopic (exact) mass is 251 g/mol. The van der Waals surface area contributed by atoms with E-state index in [0.29, 0.717) is 6.04 Å². The highest BCUT2D eigenvalue weighted by atomic mass is 32.1. The molecule has 4 nitrogen and oxygen atoms in total. The van der Waals surface area contributed by atoms with Crippen molar-refractivity contribution in [3.05, 3.63) is 22.4 Å². The van der Waals surface area contributed by atoms with Crippen molar-refractivity contribution in [1.82, 2.24) is 10.2 Å². The smallest absolute Gasteiger partial charge is 0.119 e. The lowest BCUT2D eigenvalue weighted by molar-refractivity contribution is 0.0288. The zero-order valence-corrected chi connectivity index (χ0v) is 10.6. The Morgan fingerprint density at radius 3 is 2.94 bits per heavy atom. The van der Waals surface area contributed by atoms with E-state index >= 15 is 0 Å². The number of hydrogen-bond donors (Lipinski definition) is 1.